The lowest BCUT2D eigenvalue weighted by molar-refractivity contribution is 0.0600. The van der Waals surface area contributed by atoms with Gasteiger partial charge in [-0.3, -0.25) is 0 Å². The summed E-state index contributed by atoms with van der Waals surface area (Å²) in [6.07, 6.45) is 0.850. The van der Waals surface area contributed by atoms with Gasteiger partial charge in [-0.2, -0.15) is 0 Å². The fraction of sp³-hybridized carbons (Fsp3) is 0.235. The second-order valence-corrected chi connectivity index (χ2v) is 4.93. The summed E-state index contributed by atoms with van der Waals surface area (Å²) in [6, 6.07) is 16.0. The van der Waals surface area contributed by atoms with Crippen LogP contribution in [0.15, 0.2) is 48.5 Å². The fourth-order valence-electron chi connectivity index (χ4n) is 2.06. The summed E-state index contributed by atoms with van der Waals surface area (Å²) in [5.41, 5.74) is 4.20. The molecule has 3 nitrogen and oxygen atoms in total. The number of anilines is 1. The van der Waals surface area contributed by atoms with Gasteiger partial charge in [0, 0.05) is 19.8 Å². The van der Waals surface area contributed by atoms with E-state index in [1.54, 1.807) is 12.1 Å². The average molecular weight is 269 g/mol. The van der Waals surface area contributed by atoms with Gasteiger partial charge in [0.25, 0.3) is 0 Å². The van der Waals surface area contributed by atoms with Crippen LogP contribution in [0, 0.1) is 0 Å². The Labute approximate surface area is 119 Å². The van der Waals surface area contributed by atoms with Gasteiger partial charge >= 0.3 is 5.97 Å². The molecule has 0 spiro atoms. The van der Waals surface area contributed by atoms with E-state index < -0.39 is 0 Å². The Morgan fingerprint density at radius 1 is 1.05 bits per heavy atom. The molecular weight excluding hydrogens is 250 g/mol. The normalized spacial score (nSPS) is 10.2. The molecule has 0 aliphatic carbocycles. The lowest BCUT2D eigenvalue weighted by Crippen LogP contribution is -2.08. The van der Waals surface area contributed by atoms with E-state index in [0.29, 0.717) is 5.56 Å². The first-order valence-corrected chi connectivity index (χ1v) is 6.53. The molecule has 0 amide bonds. The van der Waals surface area contributed by atoms with Crippen LogP contribution in [0.25, 0.3) is 0 Å². The molecule has 0 fully saturated rings. The van der Waals surface area contributed by atoms with Crippen LogP contribution >= 0.6 is 0 Å². The van der Waals surface area contributed by atoms with E-state index in [1.807, 2.05) is 26.2 Å². The molecule has 0 aliphatic heterocycles. The molecule has 0 aromatic heterocycles. The van der Waals surface area contributed by atoms with Crippen LogP contribution in [0.1, 0.15) is 21.5 Å². The zero-order valence-electron chi connectivity index (χ0n) is 12.1. The molecule has 0 saturated carbocycles. The molecule has 0 N–H and O–H groups in total. The molecule has 0 saturated heterocycles. The molecule has 20 heavy (non-hydrogen) atoms. The molecule has 2 rings (SSSR count). The average Bonchev–Trinajstić information content (AvgIpc) is 2.47. The van der Waals surface area contributed by atoms with Crippen molar-refractivity contribution in [3.05, 3.63) is 65.2 Å². The topological polar surface area (TPSA) is 29.5 Å². The Hall–Kier alpha value is -2.29. The maximum atomic E-state index is 11.4. The number of hydrogen-bond acceptors (Lipinski definition) is 3. The van der Waals surface area contributed by atoms with Gasteiger partial charge in [0.1, 0.15) is 0 Å². The van der Waals surface area contributed by atoms with Gasteiger partial charge in [-0.1, -0.05) is 24.3 Å². The van der Waals surface area contributed by atoms with Crippen LogP contribution in [0.2, 0.25) is 0 Å². The molecule has 2 aromatic rings. The predicted octanol–water partition coefficient (Wildman–Crippen LogP) is 3.13. The maximum absolute atomic E-state index is 11.4. The lowest BCUT2D eigenvalue weighted by Gasteiger charge is -2.13. The summed E-state index contributed by atoms with van der Waals surface area (Å²) >= 11 is 0. The number of carbonyl (C=O) groups excluding carboxylic acids is 1. The van der Waals surface area contributed by atoms with Crippen LogP contribution in [0.5, 0.6) is 0 Å². The van der Waals surface area contributed by atoms with Gasteiger partial charge in [0.2, 0.25) is 0 Å². The van der Waals surface area contributed by atoms with Gasteiger partial charge in [-0.05, 0) is 41.8 Å². The molecule has 0 atom stereocenters. The maximum Gasteiger partial charge on any atom is 0.337 e. The summed E-state index contributed by atoms with van der Waals surface area (Å²) in [7, 11) is 5.46. The van der Waals surface area contributed by atoms with Gasteiger partial charge in [0.15, 0.2) is 0 Å². The third-order valence-electron chi connectivity index (χ3n) is 3.21. The van der Waals surface area contributed by atoms with Crippen LogP contribution in [-0.2, 0) is 11.2 Å². The molecule has 0 heterocycles. The van der Waals surface area contributed by atoms with E-state index in [9.17, 15) is 4.79 Å². The smallest absolute Gasteiger partial charge is 0.337 e. The molecule has 2 aromatic carbocycles. The van der Waals surface area contributed by atoms with Crippen molar-refractivity contribution in [3.63, 3.8) is 0 Å². The van der Waals surface area contributed by atoms with E-state index in [0.717, 1.165) is 6.42 Å². The quantitative estimate of drug-likeness (QED) is 0.799. The van der Waals surface area contributed by atoms with Crippen molar-refractivity contribution in [1.29, 1.82) is 0 Å². The van der Waals surface area contributed by atoms with Crippen molar-refractivity contribution in [3.8, 4) is 0 Å². The number of nitrogens with zero attached hydrogens (tertiary/aromatic N) is 1. The van der Waals surface area contributed by atoms with E-state index >= 15 is 0 Å². The first-order valence-electron chi connectivity index (χ1n) is 6.53. The Kier molecular flexibility index (Phi) is 4.41. The van der Waals surface area contributed by atoms with Crippen LogP contribution in [-0.4, -0.2) is 27.2 Å². The van der Waals surface area contributed by atoms with Gasteiger partial charge in [-0.15, -0.1) is 0 Å². The Bertz CT molecular complexity index is 588. The second-order valence-electron chi connectivity index (χ2n) is 4.93. The summed E-state index contributed by atoms with van der Waals surface area (Å²) in [6.45, 7) is 0. The van der Waals surface area contributed by atoms with Crippen molar-refractivity contribution in [2.45, 2.75) is 6.42 Å². The minimum absolute atomic E-state index is 0.300. The zero-order chi connectivity index (χ0) is 14.5. The molecule has 0 radical (unpaired) electrons. The summed E-state index contributed by atoms with van der Waals surface area (Å²) in [5, 5.41) is 0. The monoisotopic (exact) mass is 269 g/mol. The number of ether oxygens (including phenoxy) is 1. The molecule has 104 valence electrons. The highest BCUT2D eigenvalue weighted by molar-refractivity contribution is 5.89. The largest absolute Gasteiger partial charge is 0.465 e. The Morgan fingerprint density at radius 2 is 1.75 bits per heavy atom. The van der Waals surface area contributed by atoms with Crippen molar-refractivity contribution >= 4 is 11.7 Å². The standard InChI is InChI=1S/C17H19NO2/c1-18(2)16-6-4-5-14(12-16)11-13-7-9-15(10-8-13)17(19)20-3/h4-10,12H,11H2,1-3H3. The minimum Gasteiger partial charge on any atom is -0.465 e. The molecule has 0 aliphatic rings. The summed E-state index contributed by atoms with van der Waals surface area (Å²) in [4.78, 5) is 13.5. The SMILES string of the molecule is COC(=O)c1ccc(Cc2cccc(N(C)C)c2)cc1. The summed E-state index contributed by atoms with van der Waals surface area (Å²) < 4.78 is 4.69. The van der Waals surface area contributed by atoms with Crippen molar-refractivity contribution in [1.82, 2.24) is 0 Å². The van der Waals surface area contributed by atoms with Gasteiger partial charge in [-0.25, -0.2) is 4.79 Å². The molecule has 3 heteroatoms. The second kappa shape index (κ2) is 6.24. The van der Waals surface area contributed by atoms with E-state index in [1.165, 1.54) is 23.9 Å². The highest BCUT2D eigenvalue weighted by Gasteiger charge is 2.05. The van der Waals surface area contributed by atoms with Gasteiger partial charge < -0.3 is 9.64 Å². The number of rotatable bonds is 4. The lowest BCUT2D eigenvalue weighted by atomic mass is 10.0. The zero-order valence-corrected chi connectivity index (χ0v) is 12.1. The first kappa shape index (κ1) is 14.1. The van der Waals surface area contributed by atoms with Crippen LogP contribution in [0.4, 0.5) is 5.69 Å². The minimum atomic E-state index is -0.300. The Balaban J connectivity index is 2.14. The predicted molar refractivity (Wildman–Crippen MR) is 81.4 cm³/mol. The number of carbonyl (C=O) groups is 1. The summed E-state index contributed by atoms with van der Waals surface area (Å²) in [5.74, 6) is -0.300. The first-order chi connectivity index (χ1) is 9.60. The van der Waals surface area contributed by atoms with Crippen molar-refractivity contribution < 1.29 is 9.53 Å². The highest BCUT2D eigenvalue weighted by Crippen LogP contribution is 2.17. The van der Waals surface area contributed by atoms with Gasteiger partial charge in [0.05, 0.1) is 12.7 Å². The highest BCUT2D eigenvalue weighted by atomic mass is 16.5. The van der Waals surface area contributed by atoms with E-state index in [2.05, 4.69) is 29.2 Å². The third-order valence-corrected chi connectivity index (χ3v) is 3.21. The van der Waals surface area contributed by atoms with E-state index in [4.69, 9.17) is 4.74 Å². The number of esters is 1. The number of hydrogen-bond donors (Lipinski definition) is 0. The molecule has 0 bridgehead atoms. The number of methoxy groups -OCH3 is 1. The fourth-order valence-corrected chi connectivity index (χ4v) is 2.06. The third kappa shape index (κ3) is 3.38. The Morgan fingerprint density at radius 3 is 2.35 bits per heavy atom. The van der Waals surface area contributed by atoms with Crippen molar-refractivity contribution in [2.24, 2.45) is 0 Å². The number of benzene rings is 2. The molecule has 0 unspecified atom stereocenters. The van der Waals surface area contributed by atoms with Crippen LogP contribution in [0.3, 0.4) is 0 Å². The van der Waals surface area contributed by atoms with E-state index in [-0.39, 0.29) is 5.97 Å². The van der Waals surface area contributed by atoms with Crippen molar-refractivity contribution in [2.75, 3.05) is 26.1 Å². The molecular formula is C17H19NO2. The van der Waals surface area contributed by atoms with Crippen LogP contribution < -0.4 is 4.90 Å².